The molecule has 84 valence electrons. The largest absolute Gasteiger partial charge is 0.466 e. The molecule has 0 bridgehead atoms. The first-order chi connectivity index (χ1) is 6.95. The van der Waals surface area contributed by atoms with Crippen LogP contribution in [-0.2, 0) is 15.1 Å². The summed E-state index contributed by atoms with van der Waals surface area (Å²) in [4.78, 5) is 15.4. The molecular formula is C10H15NO3S. The fraction of sp³-hybridized carbons (Fsp3) is 0.600. The molecule has 0 radical (unpaired) electrons. The third kappa shape index (κ3) is 3.28. The summed E-state index contributed by atoms with van der Waals surface area (Å²) in [6.07, 6.45) is -0.0617. The molecule has 0 aliphatic rings. The van der Waals surface area contributed by atoms with Gasteiger partial charge in [0, 0.05) is 11.1 Å². The number of esters is 1. The zero-order valence-corrected chi connectivity index (χ0v) is 9.93. The summed E-state index contributed by atoms with van der Waals surface area (Å²) in [6.45, 7) is 5.48. The molecule has 1 unspecified atom stereocenters. The van der Waals surface area contributed by atoms with Gasteiger partial charge in [0.1, 0.15) is 10.6 Å². The average molecular weight is 229 g/mol. The van der Waals surface area contributed by atoms with E-state index in [2.05, 4.69) is 4.98 Å². The number of hydrogen-bond donors (Lipinski definition) is 1. The summed E-state index contributed by atoms with van der Waals surface area (Å²) in [6, 6.07) is 0. The Bertz CT molecular complexity index is 346. The molecular weight excluding hydrogens is 214 g/mol. The SMILES string of the molecule is CCOC(=O)CC(C)(O)c1nc(C)cs1. The van der Waals surface area contributed by atoms with Gasteiger partial charge in [0.05, 0.1) is 13.0 Å². The molecule has 1 aromatic heterocycles. The Kier molecular flexibility index (Phi) is 3.82. The van der Waals surface area contributed by atoms with E-state index in [4.69, 9.17) is 4.74 Å². The Morgan fingerprint density at radius 2 is 2.40 bits per heavy atom. The van der Waals surface area contributed by atoms with Crippen molar-refractivity contribution in [2.75, 3.05) is 6.61 Å². The zero-order valence-electron chi connectivity index (χ0n) is 9.11. The standard InChI is InChI=1S/C10H15NO3S/c1-4-14-8(12)5-10(3,13)9-11-7(2)6-15-9/h6,13H,4-5H2,1-3H3. The lowest BCUT2D eigenvalue weighted by Crippen LogP contribution is -2.26. The van der Waals surface area contributed by atoms with Gasteiger partial charge >= 0.3 is 5.97 Å². The van der Waals surface area contributed by atoms with Gasteiger partial charge in [-0.1, -0.05) is 0 Å². The lowest BCUT2D eigenvalue weighted by Gasteiger charge is -2.19. The van der Waals surface area contributed by atoms with Gasteiger partial charge in [-0.3, -0.25) is 4.79 Å². The van der Waals surface area contributed by atoms with Gasteiger partial charge in [0.25, 0.3) is 0 Å². The fourth-order valence-corrected chi connectivity index (χ4v) is 2.03. The number of aryl methyl sites for hydroxylation is 1. The van der Waals surface area contributed by atoms with E-state index in [1.165, 1.54) is 11.3 Å². The second-order valence-corrected chi connectivity index (χ2v) is 4.41. The van der Waals surface area contributed by atoms with Gasteiger partial charge in [0.15, 0.2) is 0 Å². The predicted molar refractivity (Wildman–Crippen MR) is 57.7 cm³/mol. The molecule has 0 aliphatic carbocycles. The van der Waals surface area contributed by atoms with Crippen LogP contribution in [0.3, 0.4) is 0 Å². The van der Waals surface area contributed by atoms with Crippen LogP contribution in [0.25, 0.3) is 0 Å². The molecule has 4 nitrogen and oxygen atoms in total. The second-order valence-electron chi connectivity index (χ2n) is 3.55. The van der Waals surface area contributed by atoms with Gasteiger partial charge < -0.3 is 9.84 Å². The van der Waals surface area contributed by atoms with Crippen molar-refractivity contribution < 1.29 is 14.6 Å². The highest BCUT2D eigenvalue weighted by molar-refractivity contribution is 7.09. The molecule has 0 saturated heterocycles. The third-order valence-corrected chi connectivity index (χ3v) is 3.09. The predicted octanol–water partition coefficient (Wildman–Crippen LogP) is 1.61. The number of ether oxygens (including phenoxy) is 1. The number of nitrogens with zero attached hydrogens (tertiary/aromatic N) is 1. The summed E-state index contributed by atoms with van der Waals surface area (Å²) in [5.74, 6) is -0.407. The fourth-order valence-electron chi connectivity index (χ4n) is 1.17. The monoisotopic (exact) mass is 229 g/mol. The van der Waals surface area contributed by atoms with Crippen LogP contribution in [0.1, 0.15) is 31.0 Å². The molecule has 0 fully saturated rings. The maximum Gasteiger partial charge on any atom is 0.309 e. The molecule has 0 saturated carbocycles. The summed E-state index contributed by atoms with van der Waals surface area (Å²) in [7, 11) is 0. The van der Waals surface area contributed by atoms with Gasteiger partial charge in [-0.15, -0.1) is 11.3 Å². The van der Waals surface area contributed by atoms with Crippen molar-refractivity contribution in [1.29, 1.82) is 0 Å². The first-order valence-electron chi connectivity index (χ1n) is 4.76. The lowest BCUT2D eigenvalue weighted by molar-refractivity contribution is -0.148. The Morgan fingerprint density at radius 3 is 2.87 bits per heavy atom. The van der Waals surface area contributed by atoms with Crippen LogP contribution in [0, 0.1) is 6.92 Å². The summed E-state index contributed by atoms with van der Waals surface area (Å²) < 4.78 is 4.78. The van der Waals surface area contributed by atoms with E-state index in [9.17, 15) is 9.90 Å². The minimum absolute atomic E-state index is 0.0617. The second kappa shape index (κ2) is 4.72. The molecule has 1 heterocycles. The smallest absolute Gasteiger partial charge is 0.309 e. The van der Waals surface area contributed by atoms with Crippen molar-refractivity contribution >= 4 is 17.3 Å². The van der Waals surface area contributed by atoms with Crippen LogP contribution in [0.5, 0.6) is 0 Å². The van der Waals surface area contributed by atoms with Crippen LogP contribution in [0.15, 0.2) is 5.38 Å². The number of hydrogen-bond acceptors (Lipinski definition) is 5. The van der Waals surface area contributed by atoms with E-state index in [0.717, 1.165) is 5.69 Å². The highest BCUT2D eigenvalue weighted by Crippen LogP contribution is 2.27. The van der Waals surface area contributed by atoms with E-state index in [1.807, 2.05) is 12.3 Å². The number of carbonyl (C=O) groups excluding carboxylic acids is 1. The van der Waals surface area contributed by atoms with E-state index < -0.39 is 11.6 Å². The Morgan fingerprint density at radius 1 is 1.73 bits per heavy atom. The quantitative estimate of drug-likeness (QED) is 0.797. The average Bonchev–Trinajstić information content (AvgIpc) is 2.51. The minimum atomic E-state index is -1.23. The first-order valence-corrected chi connectivity index (χ1v) is 5.64. The lowest BCUT2D eigenvalue weighted by atomic mass is 10.0. The highest BCUT2D eigenvalue weighted by Gasteiger charge is 2.30. The molecule has 1 rings (SSSR count). The summed E-state index contributed by atoms with van der Waals surface area (Å²) >= 11 is 1.35. The Balaban J connectivity index is 2.70. The van der Waals surface area contributed by atoms with Crippen molar-refractivity contribution in [1.82, 2.24) is 4.98 Å². The molecule has 15 heavy (non-hydrogen) atoms. The van der Waals surface area contributed by atoms with Crippen molar-refractivity contribution in [2.45, 2.75) is 32.8 Å². The number of rotatable bonds is 4. The molecule has 0 aliphatic heterocycles. The third-order valence-electron chi connectivity index (χ3n) is 1.87. The molecule has 1 atom stereocenters. The molecule has 0 aromatic carbocycles. The van der Waals surface area contributed by atoms with Crippen LogP contribution in [0.2, 0.25) is 0 Å². The van der Waals surface area contributed by atoms with Crippen LogP contribution in [-0.4, -0.2) is 22.7 Å². The number of aliphatic hydroxyl groups is 1. The molecule has 0 spiro atoms. The molecule has 0 amide bonds. The van der Waals surface area contributed by atoms with Crippen LogP contribution in [0.4, 0.5) is 0 Å². The van der Waals surface area contributed by atoms with Gasteiger partial charge in [-0.25, -0.2) is 4.98 Å². The molecule has 1 aromatic rings. The topological polar surface area (TPSA) is 59.4 Å². The van der Waals surface area contributed by atoms with Gasteiger partial charge in [-0.05, 0) is 20.8 Å². The van der Waals surface area contributed by atoms with Crippen molar-refractivity contribution in [3.63, 3.8) is 0 Å². The summed E-state index contributed by atoms with van der Waals surface area (Å²) in [5, 5.41) is 12.4. The first kappa shape index (κ1) is 12.1. The van der Waals surface area contributed by atoms with E-state index in [0.29, 0.717) is 11.6 Å². The van der Waals surface area contributed by atoms with Crippen LogP contribution < -0.4 is 0 Å². The number of thiazole rings is 1. The summed E-state index contributed by atoms with van der Waals surface area (Å²) in [5.41, 5.74) is -0.385. The number of aromatic nitrogens is 1. The minimum Gasteiger partial charge on any atom is -0.466 e. The van der Waals surface area contributed by atoms with Gasteiger partial charge in [0.2, 0.25) is 0 Å². The number of carbonyl (C=O) groups is 1. The Labute approximate surface area is 92.9 Å². The van der Waals surface area contributed by atoms with E-state index in [1.54, 1.807) is 13.8 Å². The van der Waals surface area contributed by atoms with Crippen molar-refractivity contribution in [3.05, 3.63) is 16.1 Å². The van der Waals surface area contributed by atoms with Crippen molar-refractivity contribution in [2.24, 2.45) is 0 Å². The van der Waals surface area contributed by atoms with Gasteiger partial charge in [-0.2, -0.15) is 0 Å². The van der Waals surface area contributed by atoms with E-state index >= 15 is 0 Å². The Hall–Kier alpha value is -0.940. The zero-order chi connectivity index (χ0) is 11.5. The molecule has 1 N–H and O–H groups in total. The maximum atomic E-state index is 11.2. The normalized spacial score (nSPS) is 14.7. The van der Waals surface area contributed by atoms with Crippen molar-refractivity contribution in [3.8, 4) is 0 Å². The molecule has 5 heteroatoms. The highest BCUT2D eigenvalue weighted by atomic mass is 32.1. The maximum absolute atomic E-state index is 11.2. The van der Waals surface area contributed by atoms with E-state index in [-0.39, 0.29) is 6.42 Å². The van der Waals surface area contributed by atoms with Crippen LogP contribution >= 0.6 is 11.3 Å².